The molecule has 2 fully saturated rings. The highest BCUT2D eigenvalue weighted by Crippen LogP contribution is 2.22. The van der Waals surface area contributed by atoms with Crippen molar-refractivity contribution in [3.8, 4) is 0 Å². The van der Waals surface area contributed by atoms with Gasteiger partial charge in [-0.3, -0.25) is 9.59 Å². The van der Waals surface area contributed by atoms with Gasteiger partial charge in [-0.05, 0) is 24.8 Å². The summed E-state index contributed by atoms with van der Waals surface area (Å²) in [5.74, 6) is -0.609. The summed E-state index contributed by atoms with van der Waals surface area (Å²) in [6, 6.07) is 9.82. The number of esters is 1. The first-order chi connectivity index (χ1) is 11.2. The number of benzene rings is 1. The second-order valence-corrected chi connectivity index (χ2v) is 6.28. The molecule has 2 atom stereocenters. The summed E-state index contributed by atoms with van der Waals surface area (Å²) in [4.78, 5) is 26.0. The zero-order valence-corrected chi connectivity index (χ0v) is 13.3. The smallest absolute Gasteiger partial charge is 0.311 e. The molecule has 5 nitrogen and oxygen atoms in total. The third-order valence-corrected chi connectivity index (χ3v) is 4.45. The van der Waals surface area contributed by atoms with Gasteiger partial charge >= 0.3 is 5.97 Å². The van der Waals surface area contributed by atoms with E-state index in [1.807, 2.05) is 30.3 Å². The van der Waals surface area contributed by atoms with E-state index in [9.17, 15) is 9.59 Å². The van der Waals surface area contributed by atoms with Crippen LogP contribution in [0.5, 0.6) is 0 Å². The first-order valence-corrected chi connectivity index (χ1v) is 8.32. The molecule has 0 radical (unpaired) electrons. The molecule has 1 aromatic rings. The molecule has 0 aliphatic carbocycles. The van der Waals surface area contributed by atoms with E-state index in [4.69, 9.17) is 9.47 Å². The summed E-state index contributed by atoms with van der Waals surface area (Å²) < 4.78 is 10.9. The molecule has 5 heteroatoms. The lowest BCUT2D eigenvalue weighted by molar-refractivity contribution is -0.153. The molecular weight excluding hydrogens is 294 g/mol. The lowest BCUT2D eigenvalue weighted by Crippen LogP contribution is -2.29. The number of amides is 1. The number of hydrogen-bond acceptors (Lipinski definition) is 4. The Morgan fingerprint density at radius 1 is 1.26 bits per heavy atom. The van der Waals surface area contributed by atoms with Crippen LogP contribution < -0.4 is 0 Å². The predicted molar refractivity (Wildman–Crippen MR) is 84.5 cm³/mol. The maximum Gasteiger partial charge on any atom is 0.311 e. The molecule has 2 saturated heterocycles. The van der Waals surface area contributed by atoms with Crippen LogP contribution >= 0.6 is 0 Å². The van der Waals surface area contributed by atoms with E-state index in [-0.39, 0.29) is 30.3 Å². The molecule has 1 amide bonds. The van der Waals surface area contributed by atoms with Gasteiger partial charge in [-0.25, -0.2) is 0 Å². The standard InChI is InChI=1S/C18H23NO4/c20-17-10-15(12-19(17)11-14-6-2-1-3-7-14)18(21)23-13-16-8-4-5-9-22-16/h1-3,6-7,15-16H,4-5,8-13H2. The first kappa shape index (κ1) is 16.0. The number of hydrogen-bond donors (Lipinski definition) is 0. The summed E-state index contributed by atoms with van der Waals surface area (Å²) in [5, 5.41) is 0. The lowest BCUT2D eigenvalue weighted by Gasteiger charge is -2.22. The number of rotatable bonds is 5. The van der Waals surface area contributed by atoms with Gasteiger partial charge in [0.05, 0.1) is 12.0 Å². The van der Waals surface area contributed by atoms with E-state index in [0.717, 1.165) is 31.4 Å². The van der Waals surface area contributed by atoms with Crippen molar-refractivity contribution >= 4 is 11.9 Å². The van der Waals surface area contributed by atoms with Crippen LogP contribution in [0.15, 0.2) is 30.3 Å². The molecule has 23 heavy (non-hydrogen) atoms. The van der Waals surface area contributed by atoms with Crippen molar-refractivity contribution < 1.29 is 19.1 Å². The van der Waals surface area contributed by atoms with Gasteiger partial charge < -0.3 is 14.4 Å². The van der Waals surface area contributed by atoms with E-state index in [1.54, 1.807) is 4.90 Å². The van der Waals surface area contributed by atoms with Crippen LogP contribution in [0.3, 0.4) is 0 Å². The molecular formula is C18H23NO4. The maximum atomic E-state index is 12.2. The first-order valence-electron chi connectivity index (χ1n) is 8.32. The minimum atomic E-state index is -0.352. The molecule has 2 aliphatic rings. The van der Waals surface area contributed by atoms with Gasteiger partial charge in [-0.15, -0.1) is 0 Å². The third-order valence-electron chi connectivity index (χ3n) is 4.45. The highest BCUT2D eigenvalue weighted by Gasteiger charge is 2.35. The summed E-state index contributed by atoms with van der Waals surface area (Å²) in [6.07, 6.45) is 3.41. The quantitative estimate of drug-likeness (QED) is 0.781. The highest BCUT2D eigenvalue weighted by atomic mass is 16.6. The molecule has 2 heterocycles. The second-order valence-electron chi connectivity index (χ2n) is 6.28. The fourth-order valence-electron chi connectivity index (χ4n) is 3.12. The van der Waals surface area contributed by atoms with E-state index in [1.165, 1.54) is 0 Å². The van der Waals surface area contributed by atoms with Gasteiger partial charge in [-0.2, -0.15) is 0 Å². The van der Waals surface area contributed by atoms with Crippen molar-refractivity contribution in [3.05, 3.63) is 35.9 Å². The number of carbonyl (C=O) groups excluding carboxylic acids is 2. The van der Waals surface area contributed by atoms with Crippen molar-refractivity contribution in [3.63, 3.8) is 0 Å². The Morgan fingerprint density at radius 2 is 2.09 bits per heavy atom. The van der Waals surface area contributed by atoms with E-state index >= 15 is 0 Å². The molecule has 0 saturated carbocycles. The Labute approximate surface area is 136 Å². The lowest BCUT2D eigenvalue weighted by atomic mass is 10.1. The van der Waals surface area contributed by atoms with Gasteiger partial charge in [0.15, 0.2) is 0 Å². The number of likely N-dealkylation sites (tertiary alicyclic amines) is 1. The summed E-state index contributed by atoms with van der Waals surface area (Å²) in [5.41, 5.74) is 1.07. The van der Waals surface area contributed by atoms with Gasteiger partial charge in [0, 0.05) is 26.1 Å². The molecule has 0 spiro atoms. The molecule has 124 valence electrons. The van der Waals surface area contributed by atoms with Crippen LogP contribution in [0.4, 0.5) is 0 Å². The van der Waals surface area contributed by atoms with Gasteiger partial charge in [-0.1, -0.05) is 30.3 Å². The Balaban J connectivity index is 1.47. The van der Waals surface area contributed by atoms with Crippen molar-refractivity contribution in [2.24, 2.45) is 5.92 Å². The average molecular weight is 317 g/mol. The van der Waals surface area contributed by atoms with Crippen molar-refractivity contribution in [1.82, 2.24) is 4.90 Å². The normalized spacial score (nSPS) is 24.7. The van der Waals surface area contributed by atoms with Crippen LogP contribution in [0.2, 0.25) is 0 Å². The van der Waals surface area contributed by atoms with Crippen LogP contribution in [0.1, 0.15) is 31.2 Å². The topological polar surface area (TPSA) is 55.8 Å². The Kier molecular flexibility index (Phi) is 5.28. The monoisotopic (exact) mass is 317 g/mol. The average Bonchev–Trinajstić information content (AvgIpc) is 2.95. The zero-order valence-electron chi connectivity index (χ0n) is 13.3. The molecule has 2 unspecified atom stereocenters. The maximum absolute atomic E-state index is 12.2. The van der Waals surface area contributed by atoms with Crippen LogP contribution in [-0.2, 0) is 25.6 Å². The largest absolute Gasteiger partial charge is 0.463 e. The molecule has 0 bridgehead atoms. The Bertz CT molecular complexity index is 539. The molecule has 3 rings (SSSR count). The van der Waals surface area contributed by atoms with Gasteiger partial charge in [0.2, 0.25) is 5.91 Å². The minimum absolute atomic E-state index is 0.0183. The molecule has 0 aromatic heterocycles. The number of ether oxygens (including phenoxy) is 2. The summed E-state index contributed by atoms with van der Waals surface area (Å²) in [6.45, 7) is 2.05. The van der Waals surface area contributed by atoms with Crippen molar-refractivity contribution in [1.29, 1.82) is 0 Å². The van der Waals surface area contributed by atoms with Crippen molar-refractivity contribution in [2.45, 2.75) is 38.3 Å². The second kappa shape index (κ2) is 7.59. The number of nitrogens with zero attached hydrogens (tertiary/aromatic N) is 1. The fraction of sp³-hybridized carbons (Fsp3) is 0.556. The van der Waals surface area contributed by atoms with E-state index < -0.39 is 0 Å². The van der Waals surface area contributed by atoms with Crippen LogP contribution in [0.25, 0.3) is 0 Å². The number of carbonyl (C=O) groups is 2. The molecule has 2 aliphatic heterocycles. The predicted octanol–water partition coefficient (Wildman–Crippen LogP) is 2.15. The zero-order chi connectivity index (χ0) is 16.1. The van der Waals surface area contributed by atoms with Gasteiger partial charge in [0.25, 0.3) is 0 Å². The molecule has 0 N–H and O–H groups in total. The van der Waals surface area contributed by atoms with Gasteiger partial charge in [0.1, 0.15) is 6.61 Å². The summed E-state index contributed by atoms with van der Waals surface area (Å²) in [7, 11) is 0. The highest BCUT2D eigenvalue weighted by molar-refractivity contribution is 5.86. The fourth-order valence-corrected chi connectivity index (χ4v) is 3.12. The third kappa shape index (κ3) is 4.32. The van der Waals surface area contributed by atoms with E-state index in [0.29, 0.717) is 19.7 Å². The Hall–Kier alpha value is -1.88. The SMILES string of the molecule is O=C(OCC1CCCCO1)C1CC(=O)N(Cc2ccccc2)C1. The Morgan fingerprint density at radius 3 is 2.83 bits per heavy atom. The van der Waals surface area contributed by atoms with Crippen LogP contribution in [0, 0.1) is 5.92 Å². The summed E-state index contributed by atoms with van der Waals surface area (Å²) >= 11 is 0. The van der Waals surface area contributed by atoms with Crippen LogP contribution in [-0.4, -0.2) is 42.6 Å². The molecule has 1 aromatic carbocycles. The van der Waals surface area contributed by atoms with E-state index in [2.05, 4.69) is 0 Å². The van der Waals surface area contributed by atoms with Crippen molar-refractivity contribution in [2.75, 3.05) is 19.8 Å². The minimum Gasteiger partial charge on any atom is -0.463 e.